The fraction of sp³-hybridized carbons (Fsp3) is 0.462. The zero-order chi connectivity index (χ0) is 27.7. The summed E-state index contributed by atoms with van der Waals surface area (Å²) in [6, 6.07) is 4.32. The second-order valence-corrected chi connectivity index (χ2v) is 9.06. The van der Waals surface area contributed by atoms with Crippen molar-refractivity contribution in [2.24, 2.45) is 5.92 Å². The van der Waals surface area contributed by atoms with Crippen LogP contribution in [-0.4, -0.2) is 78.6 Å². The van der Waals surface area contributed by atoms with Gasteiger partial charge < -0.3 is 35.8 Å². The fourth-order valence-electron chi connectivity index (χ4n) is 4.18. The van der Waals surface area contributed by atoms with Crippen LogP contribution < -0.4 is 16.0 Å². The van der Waals surface area contributed by atoms with Crippen LogP contribution >= 0.6 is 0 Å². The number of hydrogen-bond acceptors (Lipinski definition) is 8. The predicted molar refractivity (Wildman–Crippen MR) is 137 cm³/mol. The van der Waals surface area contributed by atoms with E-state index in [2.05, 4.69) is 20.9 Å². The number of para-hydroxylation sites is 1. The number of amides is 3. The van der Waals surface area contributed by atoms with E-state index in [4.69, 9.17) is 14.9 Å². The predicted octanol–water partition coefficient (Wildman–Crippen LogP) is 0.393. The summed E-state index contributed by atoms with van der Waals surface area (Å²) >= 11 is 0. The van der Waals surface area contributed by atoms with Gasteiger partial charge in [0.2, 0.25) is 17.7 Å². The molecule has 0 bridgehead atoms. The molecule has 0 aliphatic carbocycles. The molecule has 204 valence electrons. The molecule has 1 aliphatic heterocycles. The lowest BCUT2D eigenvalue weighted by atomic mass is 9.97. The number of carbonyl (C=O) groups is 5. The third-order valence-electron chi connectivity index (χ3n) is 6.24. The Hall–Kier alpha value is -4.06. The van der Waals surface area contributed by atoms with Gasteiger partial charge in [-0.1, -0.05) is 18.2 Å². The minimum atomic E-state index is -1.21. The summed E-state index contributed by atoms with van der Waals surface area (Å²) in [4.78, 5) is 65.9. The quantitative estimate of drug-likeness (QED) is 0.174. The maximum absolute atomic E-state index is 13.3. The average molecular weight is 528 g/mol. The van der Waals surface area contributed by atoms with Crippen molar-refractivity contribution in [3.63, 3.8) is 0 Å². The Bertz CT molecular complexity index is 1190. The first kappa shape index (κ1) is 28.5. The number of H-pyrrole nitrogens is 1. The first-order chi connectivity index (χ1) is 18.2. The molecule has 3 amide bonds. The molecule has 5 N–H and O–H groups in total. The standard InChI is InChI=1S/C26H33N5O7/c1-3-38-26(36)23(17-13-37-14-17)31-24(34)21(9-8-18(33)11-27)30-25(35)22(29-15(2)32)10-16-12-28-20-7-5-4-6-19(16)20/h4-7,11-12,17,21-23,27-28H,3,8-10,13-14H2,1-2H3,(H,29,32)(H,30,35)(H,31,34)/t21-,22-,23?/m0/s1. The van der Waals surface area contributed by atoms with E-state index < -0.39 is 47.6 Å². The number of benzene rings is 1. The Morgan fingerprint density at radius 3 is 2.45 bits per heavy atom. The number of Topliss-reactive ketones (excluding diaryl/α,β-unsaturated/α-hetero) is 1. The summed E-state index contributed by atoms with van der Waals surface area (Å²) in [6.07, 6.45) is 2.26. The molecule has 0 radical (unpaired) electrons. The van der Waals surface area contributed by atoms with E-state index in [0.29, 0.717) is 6.21 Å². The smallest absolute Gasteiger partial charge is 0.329 e. The molecular weight excluding hydrogens is 494 g/mol. The van der Waals surface area contributed by atoms with Gasteiger partial charge in [0, 0.05) is 42.8 Å². The lowest BCUT2D eigenvalue weighted by Crippen LogP contribution is -2.59. The van der Waals surface area contributed by atoms with Gasteiger partial charge in [-0.15, -0.1) is 0 Å². The molecule has 1 unspecified atom stereocenters. The van der Waals surface area contributed by atoms with Crippen molar-refractivity contribution in [3.05, 3.63) is 36.0 Å². The topological polar surface area (TPSA) is 180 Å². The highest BCUT2D eigenvalue weighted by atomic mass is 16.5. The second-order valence-electron chi connectivity index (χ2n) is 9.06. The van der Waals surface area contributed by atoms with E-state index in [-0.39, 0.29) is 45.0 Å². The zero-order valence-electron chi connectivity index (χ0n) is 21.4. The minimum Gasteiger partial charge on any atom is -0.464 e. The number of ether oxygens (including phenoxy) is 2. The van der Waals surface area contributed by atoms with Crippen LogP contribution in [0.25, 0.3) is 10.9 Å². The summed E-state index contributed by atoms with van der Waals surface area (Å²) in [5.41, 5.74) is 1.67. The highest BCUT2D eigenvalue weighted by molar-refractivity contribution is 6.26. The van der Waals surface area contributed by atoms with Gasteiger partial charge in [-0.05, 0) is 25.0 Å². The lowest BCUT2D eigenvalue weighted by molar-refractivity contribution is -0.155. The molecule has 1 aromatic heterocycles. The lowest BCUT2D eigenvalue weighted by Gasteiger charge is -2.33. The number of aromatic nitrogens is 1. The highest BCUT2D eigenvalue weighted by Crippen LogP contribution is 2.20. The zero-order valence-corrected chi connectivity index (χ0v) is 21.4. The fourth-order valence-corrected chi connectivity index (χ4v) is 4.18. The molecule has 0 saturated carbocycles. The number of esters is 1. The number of ketones is 1. The molecule has 0 spiro atoms. The Balaban J connectivity index is 1.78. The third kappa shape index (κ3) is 7.48. The Kier molecular flexibility index (Phi) is 10.1. The van der Waals surface area contributed by atoms with Crippen LogP contribution in [0.4, 0.5) is 0 Å². The van der Waals surface area contributed by atoms with Crippen LogP contribution in [0.5, 0.6) is 0 Å². The van der Waals surface area contributed by atoms with Crippen LogP contribution in [-0.2, 0) is 39.9 Å². The number of aromatic amines is 1. The van der Waals surface area contributed by atoms with Crippen molar-refractivity contribution in [1.82, 2.24) is 20.9 Å². The van der Waals surface area contributed by atoms with Gasteiger partial charge in [0.25, 0.3) is 0 Å². The molecule has 3 atom stereocenters. The average Bonchev–Trinajstić information content (AvgIpc) is 3.26. The summed E-state index contributed by atoms with van der Waals surface area (Å²) < 4.78 is 10.2. The largest absolute Gasteiger partial charge is 0.464 e. The maximum atomic E-state index is 13.3. The summed E-state index contributed by atoms with van der Waals surface area (Å²) in [7, 11) is 0. The van der Waals surface area contributed by atoms with Crippen LogP contribution in [0.15, 0.2) is 30.5 Å². The molecular formula is C26H33N5O7. The van der Waals surface area contributed by atoms with Gasteiger partial charge >= 0.3 is 5.97 Å². The van der Waals surface area contributed by atoms with Crippen molar-refractivity contribution in [2.75, 3.05) is 19.8 Å². The highest BCUT2D eigenvalue weighted by Gasteiger charge is 2.38. The SMILES string of the molecule is CCOC(=O)C(NC(=O)[C@H](CCC(=O)C=N)NC(=O)[C@H](Cc1c[nH]c2ccccc12)NC(C)=O)C1COC1. The molecule has 1 saturated heterocycles. The van der Waals surface area contributed by atoms with E-state index in [1.807, 2.05) is 24.3 Å². The van der Waals surface area contributed by atoms with Crippen molar-refractivity contribution < 1.29 is 33.4 Å². The van der Waals surface area contributed by atoms with Crippen molar-refractivity contribution in [3.8, 4) is 0 Å². The first-order valence-corrected chi connectivity index (χ1v) is 12.4. The number of rotatable bonds is 14. The summed E-state index contributed by atoms with van der Waals surface area (Å²) in [6.45, 7) is 3.59. The van der Waals surface area contributed by atoms with Crippen molar-refractivity contribution >= 4 is 46.6 Å². The third-order valence-corrected chi connectivity index (χ3v) is 6.24. The second kappa shape index (κ2) is 13.5. The van der Waals surface area contributed by atoms with Crippen molar-refractivity contribution in [1.29, 1.82) is 5.41 Å². The van der Waals surface area contributed by atoms with E-state index in [0.717, 1.165) is 16.5 Å². The van der Waals surface area contributed by atoms with Crippen LogP contribution in [0.1, 0.15) is 32.3 Å². The van der Waals surface area contributed by atoms with Gasteiger partial charge in [0.05, 0.1) is 26.0 Å². The first-order valence-electron chi connectivity index (χ1n) is 12.4. The molecule has 2 aromatic rings. The number of hydrogen-bond donors (Lipinski definition) is 5. The van der Waals surface area contributed by atoms with Crippen molar-refractivity contribution in [2.45, 2.75) is 51.2 Å². The maximum Gasteiger partial charge on any atom is 0.329 e. The molecule has 1 fully saturated rings. The molecule has 12 heteroatoms. The van der Waals surface area contributed by atoms with Gasteiger partial charge in [-0.25, -0.2) is 4.79 Å². The normalized spacial score (nSPS) is 15.4. The van der Waals surface area contributed by atoms with E-state index in [1.165, 1.54) is 6.92 Å². The monoisotopic (exact) mass is 527 g/mol. The number of fused-ring (bicyclic) bond motifs is 1. The minimum absolute atomic E-state index is 0.109. The number of carbonyl (C=O) groups excluding carboxylic acids is 5. The molecule has 12 nitrogen and oxygen atoms in total. The number of nitrogens with one attached hydrogen (secondary N) is 5. The van der Waals surface area contributed by atoms with Gasteiger partial charge in [-0.3, -0.25) is 19.2 Å². The summed E-state index contributed by atoms with van der Waals surface area (Å²) in [5, 5.41) is 15.9. The van der Waals surface area contributed by atoms with E-state index in [1.54, 1.807) is 13.1 Å². The van der Waals surface area contributed by atoms with Gasteiger partial charge in [0.15, 0.2) is 5.78 Å². The summed E-state index contributed by atoms with van der Waals surface area (Å²) in [5.74, 6) is -3.18. The molecule has 1 aliphatic rings. The van der Waals surface area contributed by atoms with E-state index >= 15 is 0 Å². The van der Waals surface area contributed by atoms with E-state index in [9.17, 15) is 24.0 Å². The van der Waals surface area contributed by atoms with Crippen LogP contribution in [0.2, 0.25) is 0 Å². The molecule has 2 heterocycles. The molecule has 3 rings (SSSR count). The Morgan fingerprint density at radius 2 is 1.82 bits per heavy atom. The van der Waals surface area contributed by atoms with Gasteiger partial charge in [-0.2, -0.15) is 0 Å². The van der Waals surface area contributed by atoms with Crippen LogP contribution in [0.3, 0.4) is 0 Å². The Morgan fingerprint density at radius 1 is 1.11 bits per heavy atom. The molecule has 38 heavy (non-hydrogen) atoms. The Labute approximate surface area is 219 Å². The molecule has 1 aromatic carbocycles. The van der Waals surface area contributed by atoms with Gasteiger partial charge in [0.1, 0.15) is 18.1 Å². The van der Waals surface area contributed by atoms with Crippen LogP contribution in [0, 0.1) is 11.3 Å².